The van der Waals surface area contributed by atoms with Gasteiger partial charge in [-0.1, -0.05) is 19.1 Å². The summed E-state index contributed by atoms with van der Waals surface area (Å²) >= 11 is 0. The number of nitro groups is 1. The molecule has 1 fully saturated rings. The molecule has 6 nitrogen and oxygen atoms in total. The number of nitrogens with zero attached hydrogens (tertiary/aromatic N) is 2. The highest BCUT2D eigenvalue weighted by atomic mass is 16.6. The van der Waals surface area contributed by atoms with Crippen molar-refractivity contribution in [1.29, 1.82) is 0 Å². The monoisotopic (exact) mass is 264 g/mol. The summed E-state index contributed by atoms with van der Waals surface area (Å²) in [6.45, 7) is 4.41. The Kier molecular flexibility index (Phi) is 3.80. The van der Waals surface area contributed by atoms with E-state index in [9.17, 15) is 20.0 Å². The third kappa shape index (κ3) is 2.90. The van der Waals surface area contributed by atoms with Crippen LogP contribution >= 0.6 is 0 Å². The minimum absolute atomic E-state index is 0.188. The molecule has 2 rings (SSSR count). The fourth-order valence-electron chi connectivity index (χ4n) is 2.53. The van der Waals surface area contributed by atoms with E-state index in [0.717, 1.165) is 19.5 Å². The van der Waals surface area contributed by atoms with Gasteiger partial charge < -0.3 is 5.11 Å². The minimum Gasteiger partial charge on any atom is -0.477 e. The number of rotatable bonds is 4. The summed E-state index contributed by atoms with van der Waals surface area (Å²) in [6.07, 6.45) is 1.08. The highest BCUT2D eigenvalue weighted by Gasteiger charge is 2.26. The van der Waals surface area contributed by atoms with Gasteiger partial charge in [0.25, 0.3) is 5.69 Å². The van der Waals surface area contributed by atoms with Crippen molar-refractivity contribution in [2.75, 3.05) is 13.1 Å². The third-order valence-corrected chi connectivity index (χ3v) is 3.44. The van der Waals surface area contributed by atoms with Gasteiger partial charge in [-0.15, -0.1) is 0 Å². The number of aromatic carboxylic acids is 1. The Hall–Kier alpha value is -1.95. The lowest BCUT2D eigenvalue weighted by molar-refractivity contribution is -0.385. The van der Waals surface area contributed by atoms with E-state index in [1.54, 1.807) is 12.1 Å². The summed E-state index contributed by atoms with van der Waals surface area (Å²) in [7, 11) is 0. The Morgan fingerprint density at radius 1 is 1.58 bits per heavy atom. The molecule has 1 atom stereocenters. The minimum atomic E-state index is -1.24. The van der Waals surface area contributed by atoms with E-state index in [-0.39, 0.29) is 11.3 Å². The standard InChI is InChI=1S/C13H16N2O4/c1-9-5-6-14(7-9)8-10-3-2-4-11(15(18)19)12(10)13(16)17/h2-4,9H,5-8H2,1H3,(H,16,17). The van der Waals surface area contributed by atoms with E-state index < -0.39 is 10.9 Å². The van der Waals surface area contributed by atoms with Crippen molar-refractivity contribution in [3.63, 3.8) is 0 Å². The Labute approximate surface area is 110 Å². The molecular weight excluding hydrogens is 248 g/mol. The molecule has 1 saturated heterocycles. The van der Waals surface area contributed by atoms with Gasteiger partial charge in [0.1, 0.15) is 5.56 Å². The van der Waals surface area contributed by atoms with Gasteiger partial charge in [-0.25, -0.2) is 4.79 Å². The van der Waals surface area contributed by atoms with Crippen LogP contribution in [0.3, 0.4) is 0 Å². The first-order chi connectivity index (χ1) is 8.99. The van der Waals surface area contributed by atoms with E-state index >= 15 is 0 Å². The molecule has 0 spiro atoms. The van der Waals surface area contributed by atoms with Crippen LogP contribution in [0.25, 0.3) is 0 Å². The predicted molar refractivity (Wildman–Crippen MR) is 69.1 cm³/mol. The maximum atomic E-state index is 11.3. The molecule has 1 aliphatic heterocycles. The van der Waals surface area contributed by atoms with Crippen LogP contribution in [0, 0.1) is 16.0 Å². The molecule has 6 heteroatoms. The fourth-order valence-corrected chi connectivity index (χ4v) is 2.53. The van der Waals surface area contributed by atoms with E-state index in [2.05, 4.69) is 11.8 Å². The van der Waals surface area contributed by atoms with Gasteiger partial charge in [-0.3, -0.25) is 15.0 Å². The number of nitro benzene ring substituents is 1. The SMILES string of the molecule is CC1CCN(Cc2cccc([N+](=O)[O-])c2C(=O)O)C1. The average molecular weight is 264 g/mol. The number of likely N-dealkylation sites (tertiary alicyclic amines) is 1. The van der Waals surface area contributed by atoms with Crippen molar-refractivity contribution in [3.8, 4) is 0 Å². The molecule has 1 unspecified atom stereocenters. The Balaban J connectivity index is 2.31. The van der Waals surface area contributed by atoms with Gasteiger partial charge in [0.05, 0.1) is 4.92 Å². The zero-order chi connectivity index (χ0) is 14.0. The van der Waals surface area contributed by atoms with Crippen molar-refractivity contribution in [2.24, 2.45) is 5.92 Å². The molecule has 1 aromatic carbocycles. The molecule has 1 N–H and O–H groups in total. The van der Waals surface area contributed by atoms with Gasteiger partial charge in [0.15, 0.2) is 0 Å². The number of carbonyl (C=O) groups is 1. The Morgan fingerprint density at radius 3 is 2.84 bits per heavy atom. The third-order valence-electron chi connectivity index (χ3n) is 3.44. The van der Waals surface area contributed by atoms with Gasteiger partial charge in [-0.2, -0.15) is 0 Å². The van der Waals surface area contributed by atoms with Gasteiger partial charge in [-0.05, 0) is 24.4 Å². The van der Waals surface area contributed by atoms with Gasteiger partial charge in [0, 0.05) is 19.2 Å². The van der Waals surface area contributed by atoms with Crippen LogP contribution < -0.4 is 0 Å². The molecular formula is C13H16N2O4. The first kappa shape index (κ1) is 13.5. The van der Waals surface area contributed by atoms with Crippen molar-refractivity contribution < 1.29 is 14.8 Å². The van der Waals surface area contributed by atoms with Crippen LogP contribution in [0.1, 0.15) is 29.3 Å². The molecule has 0 saturated carbocycles. The molecule has 0 aliphatic carbocycles. The van der Waals surface area contributed by atoms with Gasteiger partial charge in [0.2, 0.25) is 0 Å². The van der Waals surface area contributed by atoms with Gasteiger partial charge >= 0.3 is 5.97 Å². The number of hydrogen-bond donors (Lipinski definition) is 1. The first-order valence-electron chi connectivity index (χ1n) is 6.21. The molecule has 1 heterocycles. The molecule has 0 amide bonds. The summed E-state index contributed by atoms with van der Waals surface area (Å²) in [5.74, 6) is -0.651. The molecule has 0 bridgehead atoms. The second-order valence-corrected chi connectivity index (χ2v) is 5.00. The highest BCUT2D eigenvalue weighted by molar-refractivity contribution is 5.94. The molecule has 1 aromatic rings. The maximum Gasteiger partial charge on any atom is 0.343 e. The Bertz CT molecular complexity index is 515. The van der Waals surface area contributed by atoms with Crippen LogP contribution in [0.4, 0.5) is 5.69 Å². The van der Waals surface area contributed by atoms with Crippen molar-refractivity contribution in [1.82, 2.24) is 4.90 Å². The van der Waals surface area contributed by atoms with Crippen molar-refractivity contribution in [2.45, 2.75) is 19.9 Å². The number of hydrogen-bond acceptors (Lipinski definition) is 4. The molecule has 0 aromatic heterocycles. The lowest BCUT2D eigenvalue weighted by Crippen LogP contribution is -2.21. The number of benzene rings is 1. The first-order valence-corrected chi connectivity index (χ1v) is 6.21. The maximum absolute atomic E-state index is 11.3. The highest BCUT2D eigenvalue weighted by Crippen LogP contribution is 2.25. The van der Waals surface area contributed by atoms with Crippen molar-refractivity contribution in [3.05, 3.63) is 39.4 Å². The summed E-state index contributed by atoms with van der Waals surface area (Å²) in [4.78, 5) is 23.7. The topological polar surface area (TPSA) is 83.7 Å². The van der Waals surface area contributed by atoms with Crippen molar-refractivity contribution >= 4 is 11.7 Å². The lowest BCUT2D eigenvalue weighted by atomic mass is 10.0. The summed E-state index contributed by atoms with van der Waals surface area (Å²) < 4.78 is 0. The molecule has 0 radical (unpaired) electrons. The molecule has 19 heavy (non-hydrogen) atoms. The summed E-state index contributed by atoms with van der Waals surface area (Å²) in [5, 5.41) is 20.1. The van der Waals surface area contributed by atoms with E-state index in [1.165, 1.54) is 6.07 Å². The van der Waals surface area contributed by atoms with E-state index in [0.29, 0.717) is 18.0 Å². The normalized spacial score (nSPS) is 19.5. The Morgan fingerprint density at radius 2 is 2.32 bits per heavy atom. The van der Waals surface area contributed by atoms with Crippen LogP contribution in [0.2, 0.25) is 0 Å². The summed E-state index contributed by atoms with van der Waals surface area (Å²) in [5.41, 5.74) is -0.0138. The van der Waals surface area contributed by atoms with Crippen LogP contribution in [-0.4, -0.2) is 34.0 Å². The zero-order valence-corrected chi connectivity index (χ0v) is 10.7. The van der Waals surface area contributed by atoms with Crippen LogP contribution in [0.15, 0.2) is 18.2 Å². The molecule has 1 aliphatic rings. The zero-order valence-electron chi connectivity index (χ0n) is 10.7. The predicted octanol–water partition coefficient (Wildman–Crippen LogP) is 2.13. The lowest BCUT2D eigenvalue weighted by Gasteiger charge is -2.16. The van der Waals surface area contributed by atoms with Crippen LogP contribution in [-0.2, 0) is 6.54 Å². The number of carboxylic acid groups (broad SMARTS) is 1. The average Bonchev–Trinajstić information content (AvgIpc) is 2.74. The quantitative estimate of drug-likeness (QED) is 0.665. The molecule has 102 valence electrons. The second-order valence-electron chi connectivity index (χ2n) is 5.00. The largest absolute Gasteiger partial charge is 0.477 e. The second kappa shape index (κ2) is 5.36. The summed E-state index contributed by atoms with van der Waals surface area (Å²) in [6, 6.07) is 4.43. The number of carboxylic acids is 1. The van der Waals surface area contributed by atoms with E-state index in [1.807, 2.05) is 0 Å². The van der Waals surface area contributed by atoms with Crippen LogP contribution in [0.5, 0.6) is 0 Å². The fraction of sp³-hybridized carbons (Fsp3) is 0.462. The smallest absolute Gasteiger partial charge is 0.343 e. The van der Waals surface area contributed by atoms with E-state index in [4.69, 9.17) is 0 Å².